The minimum absolute atomic E-state index is 0.0929. The van der Waals surface area contributed by atoms with Gasteiger partial charge in [0.05, 0.1) is 11.6 Å². The number of unbranched alkanes of at least 4 members (excludes halogenated alkanes) is 2. The van der Waals surface area contributed by atoms with Crippen LogP contribution in [-0.2, 0) is 22.4 Å². The third kappa shape index (κ3) is 4.27. The van der Waals surface area contributed by atoms with Crippen LogP contribution in [0.1, 0.15) is 67.3 Å². The number of aliphatic hydroxyl groups excluding tert-OH is 1. The summed E-state index contributed by atoms with van der Waals surface area (Å²) >= 11 is 6.07. The first-order valence-corrected chi connectivity index (χ1v) is 11.5. The number of hydrogen-bond donors (Lipinski definition) is 1. The number of fused-ring (bicyclic) bond motifs is 1. The van der Waals surface area contributed by atoms with E-state index >= 15 is 0 Å². The van der Waals surface area contributed by atoms with Crippen molar-refractivity contribution in [2.45, 2.75) is 57.9 Å². The summed E-state index contributed by atoms with van der Waals surface area (Å²) in [6, 6.07) is 12.4. The van der Waals surface area contributed by atoms with Crippen molar-refractivity contribution in [1.82, 2.24) is 4.90 Å². The second-order valence-electron chi connectivity index (χ2n) is 8.44. The molecular weight excluding hydrogens is 410 g/mol. The normalized spacial score (nSPS) is 20.2. The van der Waals surface area contributed by atoms with Gasteiger partial charge in [-0.2, -0.15) is 0 Å². The fraction of sp³-hybridized carbons (Fsp3) is 0.385. The van der Waals surface area contributed by atoms with Gasteiger partial charge < -0.3 is 10.0 Å². The van der Waals surface area contributed by atoms with Gasteiger partial charge in [0.2, 0.25) is 0 Å². The van der Waals surface area contributed by atoms with Gasteiger partial charge in [0.25, 0.3) is 11.7 Å². The highest BCUT2D eigenvalue weighted by molar-refractivity contribution is 6.46. The largest absolute Gasteiger partial charge is 0.507 e. The van der Waals surface area contributed by atoms with Crippen LogP contribution in [-0.4, -0.2) is 28.2 Å². The topological polar surface area (TPSA) is 57.6 Å². The zero-order valence-corrected chi connectivity index (χ0v) is 18.6. The van der Waals surface area contributed by atoms with Gasteiger partial charge in [0, 0.05) is 17.1 Å². The Hall–Kier alpha value is -2.59. The molecule has 0 bridgehead atoms. The lowest BCUT2D eigenvalue weighted by Crippen LogP contribution is -2.30. The molecule has 1 aliphatic carbocycles. The van der Waals surface area contributed by atoms with Crippen molar-refractivity contribution in [2.24, 2.45) is 0 Å². The maximum Gasteiger partial charge on any atom is 0.295 e. The summed E-state index contributed by atoms with van der Waals surface area (Å²) in [6.45, 7) is 2.58. The van der Waals surface area contributed by atoms with Crippen molar-refractivity contribution in [2.75, 3.05) is 6.54 Å². The molecule has 2 aromatic rings. The average molecular weight is 438 g/mol. The predicted molar refractivity (Wildman–Crippen MR) is 123 cm³/mol. The van der Waals surface area contributed by atoms with E-state index < -0.39 is 17.7 Å². The number of carbonyl (C=O) groups excluding carboxylic acids is 2. The first-order chi connectivity index (χ1) is 15.0. The Morgan fingerprint density at radius 2 is 1.74 bits per heavy atom. The van der Waals surface area contributed by atoms with E-state index in [2.05, 4.69) is 6.92 Å². The van der Waals surface area contributed by atoms with Gasteiger partial charge in [0.1, 0.15) is 5.76 Å². The van der Waals surface area contributed by atoms with E-state index in [1.807, 2.05) is 30.3 Å². The fourth-order valence-electron chi connectivity index (χ4n) is 4.67. The van der Waals surface area contributed by atoms with Crippen molar-refractivity contribution in [3.05, 3.63) is 75.3 Å². The van der Waals surface area contributed by atoms with Crippen molar-refractivity contribution < 1.29 is 14.7 Å². The summed E-state index contributed by atoms with van der Waals surface area (Å²) in [5, 5.41) is 11.8. The van der Waals surface area contributed by atoms with Crippen molar-refractivity contribution >= 4 is 29.1 Å². The number of aliphatic hydroxyl groups is 1. The molecule has 1 fully saturated rings. The van der Waals surface area contributed by atoms with Crippen LogP contribution in [0.3, 0.4) is 0 Å². The molecule has 0 saturated carbocycles. The van der Waals surface area contributed by atoms with Crippen LogP contribution >= 0.6 is 11.6 Å². The smallest absolute Gasteiger partial charge is 0.295 e. The van der Waals surface area contributed by atoms with Gasteiger partial charge in [-0.3, -0.25) is 9.59 Å². The van der Waals surface area contributed by atoms with Gasteiger partial charge in [0.15, 0.2) is 0 Å². The van der Waals surface area contributed by atoms with Gasteiger partial charge in [-0.15, -0.1) is 0 Å². The molecule has 5 heteroatoms. The van der Waals surface area contributed by atoms with Crippen molar-refractivity contribution in [1.29, 1.82) is 0 Å². The molecule has 1 unspecified atom stereocenters. The highest BCUT2D eigenvalue weighted by Crippen LogP contribution is 2.40. The predicted octanol–water partition coefficient (Wildman–Crippen LogP) is 5.83. The molecule has 2 aromatic carbocycles. The summed E-state index contributed by atoms with van der Waals surface area (Å²) in [4.78, 5) is 27.6. The van der Waals surface area contributed by atoms with E-state index in [0.717, 1.165) is 44.1 Å². The number of benzene rings is 2. The molecule has 0 aromatic heterocycles. The van der Waals surface area contributed by atoms with E-state index in [4.69, 9.17) is 11.6 Å². The number of likely N-dealkylation sites (tertiary alicyclic amines) is 1. The molecule has 1 amide bonds. The lowest BCUT2D eigenvalue weighted by molar-refractivity contribution is -0.139. The highest BCUT2D eigenvalue weighted by atomic mass is 35.5. The molecule has 0 spiro atoms. The molecule has 2 aliphatic rings. The molecule has 0 radical (unpaired) electrons. The molecule has 4 nitrogen and oxygen atoms in total. The number of halogens is 1. The summed E-state index contributed by atoms with van der Waals surface area (Å²) in [5.41, 5.74) is 4.07. The first kappa shape index (κ1) is 21.6. The number of carbonyl (C=O) groups is 2. The van der Waals surface area contributed by atoms with E-state index in [1.165, 1.54) is 17.5 Å². The second-order valence-corrected chi connectivity index (χ2v) is 8.88. The summed E-state index contributed by atoms with van der Waals surface area (Å²) < 4.78 is 0. The first-order valence-electron chi connectivity index (χ1n) is 11.2. The van der Waals surface area contributed by atoms with E-state index in [9.17, 15) is 14.7 Å². The van der Waals surface area contributed by atoms with Gasteiger partial charge in [-0.1, -0.05) is 55.6 Å². The number of hydrogen-bond acceptors (Lipinski definition) is 3. The van der Waals surface area contributed by atoms with Gasteiger partial charge in [-0.25, -0.2) is 0 Å². The maximum atomic E-state index is 13.1. The molecule has 162 valence electrons. The monoisotopic (exact) mass is 437 g/mol. The van der Waals surface area contributed by atoms with Crippen LogP contribution in [0.25, 0.3) is 5.76 Å². The minimum atomic E-state index is -0.619. The Labute approximate surface area is 188 Å². The third-order valence-electron chi connectivity index (χ3n) is 6.35. The number of nitrogens with zero attached hydrogens (tertiary/aromatic N) is 1. The van der Waals surface area contributed by atoms with Gasteiger partial charge >= 0.3 is 0 Å². The van der Waals surface area contributed by atoms with Crippen molar-refractivity contribution in [3.63, 3.8) is 0 Å². The number of rotatable bonds is 6. The molecule has 1 heterocycles. The molecule has 1 atom stereocenters. The van der Waals surface area contributed by atoms with Crippen LogP contribution in [0, 0.1) is 0 Å². The molecule has 4 rings (SSSR count). The summed E-state index contributed by atoms with van der Waals surface area (Å²) in [5.74, 6) is -1.26. The Morgan fingerprint density at radius 1 is 1.03 bits per heavy atom. The number of ketones is 1. The Morgan fingerprint density at radius 3 is 2.45 bits per heavy atom. The second kappa shape index (κ2) is 9.27. The molecule has 1 aliphatic heterocycles. The standard InChI is InChI=1S/C26H28ClNO3/c1-2-3-6-15-28-23(18-11-13-21(27)14-12-18)22(25(30)26(28)31)24(29)20-10-9-17-7-4-5-8-19(17)16-20/h9-14,16,23,29H,2-8,15H2,1H3/b24-22-. The van der Waals surface area contributed by atoms with Crippen molar-refractivity contribution in [3.8, 4) is 0 Å². The van der Waals surface area contributed by atoms with E-state index in [1.54, 1.807) is 17.0 Å². The summed E-state index contributed by atoms with van der Waals surface area (Å²) in [6.07, 6.45) is 7.13. The zero-order valence-electron chi connectivity index (χ0n) is 17.9. The van der Waals surface area contributed by atoms with E-state index in [0.29, 0.717) is 17.1 Å². The Kier molecular flexibility index (Phi) is 6.47. The Bertz CT molecular complexity index is 1030. The van der Waals surface area contributed by atoms with E-state index in [-0.39, 0.29) is 11.3 Å². The number of Topliss-reactive ketones (excluding diaryl/α,β-unsaturated/α-hetero) is 1. The quantitative estimate of drug-likeness (QED) is 0.267. The van der Waals surface area contributed by atoms with Crippen LogP contribution in [0.4, 0.5) is 0 Å². The van der Waals surface area contributed by atoms with Crippen LogP contribution in [0.5, 0.6) is 0 Å². The summed E-state index contributed by atoms with van der Waals surface area (Å²) in [7, 11) is 0. The third-order valence-corrected chi connectivity index (χ3v) is 6.60. The van der Waals surface area contributed by atoms with Gasteiger partial charge in [-0.05, 0) is 67.0 Å². The molecule has 1 N–H and O–H groups in total. The average Bonchev–Trinajstić information content (AvgIpc) is 3.04. The molecule has 1 saturated heterocycles. The SMILES string of the molecule is CCCCCN1C(=O)C(=O)/C(=C(\O)c2ccc3c(c2)CCCC3)C1c1ccc(Cl)cc1. The zero-order chi connectivity index (χ0) is 22.0. The fourth-order valence-corrected chi connectivity index (χ4v) is 4.80. The minimum Gasteiger partial charge on any atom is -0.507 e. The number of aryl methyl sites for hydroxylation is 2. The van der Waals surface area contributed by atoms with Crippen LogP contribution in [0.15, 0.2) is 48.0 Å². The molecule has 31 heavy (non-hydrogen) atoms. The maximum absolute atomic E-state index is 13.1. The lowest BCUT2D eigenvalue weighted by Gasteiger charge is -2.25. The number of amides is 1. The van der Waals surface area contributed by atoms with Crippen LogP contribution < -0.4 is 0 Å². The Balaban J connectivity index is 1.79. The van der Waals surface area contributed by atoms with Crippen LogP contribution in [0.2, 0.25) is 5.02 Å². The lowest BCUT2D eigenvalue weighted by atomic mass is 9.88. The highest BCUT2D eigenvalue weighted by Gasteiger charge is 2.45. The molecular formula is C26H28ClNO3.